The van der Waals surface area contributed by atoms with Gasteiger partial charge in [0.25, 0.3) is 0 Å². The summed E-state index contributed by atoms with van der Waals surface area (Å²) in [6, 6.07) is 5.69. The van der Waals surface area contributed by atoms with Gasteiger partial charge in [0.15, 0.2) is 5.03 Å². The van der Waals surface area contributed by atoms with Crippen LogP contribution in [0.1, 0.15) is 11.3 Å². The van der Waals surface area contributed by atoms with Crippen molar-refractivity contribution >= 4 is 32.3 Å². The Balaban J connectivity index is 2.35. The maximum atomic E-state index is 13.0. The van der Waals surface area contributed by atoms with Gasteiger partial charge in [-0.2, -0.15) is 0 Å². The molecule has 0 saturated heterocycles. The molecule has 0 fully saturated rings. The molecule has 0 saturated carbocycles. The van der Waals surface area contributed by atoms with Gasteiger partial charge in [0.1, 0.15) is 5.15 Å². The predicted molar refractivity (Wildman–Crippen MR) is 84.9 cm³/mol. The third kappa shape index (κ3) is 2.19. The zero-order valence-corrected chi connectivity index (χ0v) is 13.9. The normalized spacial score (nSPS) is 12.0. The van der Waals surface area contributed by atoms with Crippen molar-refractivity contribution in [3.63, 3.8) is 0 Å². The first-order valence-corrected chi connectivity index (χ1v) is 8.47. The molecule has 3 rings (SSSR count). The van der Waals surface area contributed by atoms with E-state index in [9.17, 15) is 8.42 Å². The molecular formula is C15H14ClN3O2S. The Morgan fingerprint density at radius 3 is 2.64 bits per heavy atom. The van der Waals surface area contributed by atoms with Gasteiger partial charge in [-0.15, -0.1) is 0 Å². The van der Waals surface area contributed by atoms with Gasteiger partial charge in [-0.3, -0.25) is 0 Å². The van der Waals surface area contributed by atoms with E-state index in [1.54, 1.807) is 17.7 Å². The number of benzene rings is 1. The van der Waals surface area contributed by atoms with E-state index >= 15 is 0 Å². The van der Waals surface area contributed by atoms with E-state index in [1.165, 1.54) is 6.20 Å². The van der Waals surface area contributed by atoms with E-state index in [0.717, 1.165) is 11.1 Å². The summed E-state index contributed by atoms with van der Waals surface area (Å²) in [7, 11) is -1.95. The van der Waals surface area contributed by atoms with Crippen LogP contribution in [0.4, 0.5) is 0 Å². The van der Waals surface area contributed by atoms with Crippen molar-refractivity contribution in [2.75, 3.05) is 0 Å². The minimum absolute atomic E-state index is 0.0624. The highest BCUT2D eigenvalue weighted by molar-refractivity contribution is 7.91. The number of hydrogen-bond acceptors (Lipinski definition) is 4. The molecule has 0 atom stereocenters. The summed E-state index contributed by atoms with van der Waals surface area (Å²) in [6.07, 6.45) is 2.86. The van der Waals surface area contributed by atoms with Crippen LogP contribution in [0.3, 0.4) is 0 Å². The standard InChI is InChI=1S/C15H14ClN3O2S/c1-9-5-4-6-11-14(9)12(8-19(11)3)22(20,21)15-10(2)18-13(16)7-17-15/h4-8H,1-3H3. The number of aryl methyl sites for hydroxylation is 3. The minimum Gasteiger partial charge on any atom is -0.349 e. The molecule has 0 aliphatic heterocycles. The molecule has 3 aromatic rings. The van der Waals surface area contributed by atoms with E-state index in [1.807, 2.05) is 32.2 Å². The predicted octanol–water partition coefficient (Wildman–Crippen LogP) is 3.07. The number of halogens is 1. The lowest BCUT2D eigenvalue weighted by Crippen LogP contribution is -2.08. The number of aromatic nitrogens is 3. The Labute approximate surface area is 133 Å². The van der Waals surface area contributed by atoms with Crippen LogP contribution in [0.2, 0.25) is 5.15 Å². The second-order valence-corrected chi connectivity index (χ2v) is 7.38. The van der Waals surface area contributed by atoms with Crippen molar-refractivity contribution in [2.24, 2.45) is 7.05 Å². The first-order chi connectivity index (χ1) is 10.3. The summed E-state index contributed by atoms with van der Waals surface area (Å²) in [4.78, 5) is 8.21. The van der Waals surface area contributed by atoms with Gasteiger partial charge in [-0.1, -0.05) is 23.7 Å². The third-order valence-corrected chi connectivity index (χ3v) is 5.59. The summed E-state index contributed by atoms with van der Waals surface area (Å²) < 4.78 is 27.8. The van der Waals surface area contributed by atoms with Gasteiger partial charge in [-0.05, 0) is 25.5 Å². The van der Waals surface area contributed by atoms with E-state index < -0.39 is 9.84 Å². The molecule has 0 spiro atoms. The Kier molecular flexibility index (Phi) is 3.45. The fraction of sp³-hybridized carbons (Fsp3) is 0.200. The maximum Gasteiger partial charge on any atom is 0.227 e. The lowest BCUT2D eigenvalue weighted by molar-refractivity contribution is 0.591. The first-order valence-electron chi connectivity index (χ1n) is 6.61. The zero-order valence-electron chi connectivity index (χ0n) is 12.3. The maximum absolute atomic E-state index is 13.0. The molecule has 7 heteroatoms. The van der Waals surface area contributed by atoms with Crippen LogP contribution in [0.5, 0.6) is 0 Å². The van der Waals surface area contributed by atoms with Gasteiger partial charge >= 0.3 is 0 Å². The van der Waals surface area contributed by atoms with E-state index in [2.05, 4.69) is 9.97 Å². The third-order valence-electron chi connectivity index (χ3n) is 3.60. The summed E-state index contributed by atoms with van der Waals surface area (Å²) in [5.74, 6) is 0. The first kappa shape index (κ1) is 15.0. The van der Waals surface area contributed by atoms with E-state index in [-0.39, 0.29) is 20.8 Å². The Morgan fingerprint density at radius 1 is 1.23 bits per heavy atom. The Hall–Kier alpha value is -1.92. The zero-order chi connectivity index (χ0) is 16.1. The van der Waals surface area contributed by atoms with Crippen molar-refractivity contribution in [1.82, 2.24) is 14.5 Å². The molecular weight excluding hydrogens is 322 g/mol. The quantitative estimate of drug-likeness (QED) is 0.722. The molecule has 0 N–H and O–H groups in total. The lowest BCUT2D eigenvalue weighted by Gasteiger charge is -2.06. The molecule has 2 aromatic heterocycles. The van der Waals surface area contributed by atoms with Gasteiger partial charge in [0.2, 0.25) is 9.84 Å². The highest BCUT2D eigenvalue weighted by Crippen LogP contribution is 2.32. The van der Waals surface area contributed by atoms with E-state index in [0.29, 0.717) is 5.39 Å². The lowest BCUT2D eigenvalue weighted by atomic mass is 10.1. The van der Waals surface area contributed by atoms with Gasteiger partial charge in [0.05, 0.1) is 16.8 Å². The molecule has 0 radical (unpaired) electrons. The Morgan fingerprint density at radius 2 is 1.95 bits per heavy atom. The van der Waals surface area contributed by atoms with Gasteiger partial charge < -0.3 is 4.57 Å². The molecule has 22 heavy (non-hydrogen) atoms. The van der Waals surface area contributed by atoms with Gasteiger partial charge in [0, 0.05) is 24.1 Å². The van der Waals surface area contributed by atoms with Crippen molar-refractivity contribution in [1.29, 1.82) is 0 Å². The van der Waals surface area contributed by atoms with Crippen molar-refractivity contribution in [3.05, 3.63) is 47.0 Å². The van der Waals surface area contributed by atoms with Crippen LogP contribution in [-0.4, -0.2) is 23.0 Å². The molecule has 0 bridgehead atoms. The molecule has 0 amide bonds. The number of hydrogen-bond donors (Lipinski definition) is 0. The van der Waals surface area contributed by atoms with Crippen LogP contribution in [-0.2, 0) is 16.9 Å². The fourth-order valence-electron chi connectivity index (χ4n) is 2.59. The number of nitrogens with zero attached hydrogens (tertiary/aromatic N) is 3. The van der Waals surface area contributed by atoms with Crippen LogP contribution < -0.4 is 0 Å². The summed E-state index contributed by atoms with van der Waals surface area (Å²) >= 11 is 5.76. The molecule has 114 valence electrons. The van der Waals surface area contributed by atoms with Crippen molar-refractivity contribution < 1.29 is 8.42 Å². The topological polar surface area (TPSA) is 64.8 Å². The summed E-state index contributed by atoms with van der Waals surface area (Å²) in [5.41, 5.74) is 2.05. The summed E-state index contributed by atoms with van der Waals surface area (Å²) in [6.45, 7) is 3.48. The van der Waals surface area contributed by atoms with Crippen molar-refractivity contribution in [3.8, 4) is 0 Å². The smallest absolute Gasteiger partial charge is 0.227 e. The molecule has 0 aliphatic carbocycles. The number of sulfone groups is 1. The highest BCUT2D eigenvalue weighted by atomic mass is 35.5. The largest absolute Gasteiger partial charge is 0.349 e. The molecule has 1 aromatic carbocycles. The van der Waals surface area contributed by atoms with Crippen LogP contribution in [0, 0.1) is 13.8 Å². The average molecular weight is 336 g/mol. The van der Waals surface area contributed by atoms with Crippen LogP contribution >= 0.6 is 11.6 Å². The molecule has 5 nitrogen and oxygen atoms in total. The molecule has 0 aliphatic rings. The van der Waals surface area contributed by atoms with Crippen molar-refractivity contribution in [2.45, 2.75) is 23.8 Å². The molecule has 2 heterocycles. The minimum atomic E-state index is -3.77. The van der Waals surface area contributed by atoms with E-state index in [4.69, 9.17) is 11.6 Å². The highest BCUT2D eigenvalue weighted by Gasteiger charge is 2.27. The number of rotatable bonds is 2. The van der Waals surface area contributed by atoms with Gasteiger partial charge in [-0.25, -0.2) is 18.4 Å². The second-order valence-electron chi connectivity index (χ2n) is 5.16. The second kappa shape index (κ2) is 5.07. The van der Waals surface area contributed by atoms with Crippen LogP contribution in [0.15, 0.2) is 40.5 Å². The fourth-order valence-corrected chi connectivity index (χ4v) is 4.43. The summed E-state index contributed by atoms with van der Waals surface area (Å²) in [5, 5.41) is 0.819. The monoisotopic (exact) mass is 335 g/mol. The average Bonchev–Trinajstić information content (AvgIpc) is 2.78. The Bertz CT molecular complexity index is 993. The SMILES string of the molecule is Cc1nc(Cl)cnc1S(=O)(=O)c1cn(C)c2cccc(C)c12. The van der Waals surface area contributed by atoms with Crippen LogP contribution in [0.25, 0.3) is 10.9 Å². The number of fused-ring (bicyclic) bond motifs is 1. The molecule has 0 unspecified atom stereocenters.